The van der Waals surface area contributed by atoms with Crippen molar-refractivity contribution in [1.82, 2.24) is 0 Å². The van der Waals surface area contributed by atoms with Crippen molar-refractivity contribution in [1.29, 1.82) is 0 Å². The first kappa shape index (κ1) is 19.2. The summed E-state index contributed by atoms with van der Waals surface area (Å²) in [6, 6.07) is 17.1. The number of alkyl halides is 3. The first-order chi connectivity index (χ1) is 13.3. The molecular weight excluding hydrogens is 375 g/mol. The molecule has 0 unspecified atom stereocenters. The summed E-state index contributed by atoms with van der Waals surface area (Å²) < 4.78 is 48.9. The van der Waals surface area contributed by atoms with Crippen molar-refractivity contribution in [2.75, 3.05) is 0 Å². The highest BCUT2D eigenvalue weighted by Gasteiger charge is 2.30. The third-order valence-corrected chi connectivity index (χ3v) is 3.78. The third kappa shape index (κ3) is 4.79. The highest BCUT2D eigenvalue weighted by Crippen LogP contribution is 2.35. The lowest BCUT2D eigenvalue weighted by Gasteiger charge is -2.11. The minimum atomic E-state index is -4.44. The molecule has 144 valence electrons. The van der Waals surface area contributed by atoms with Crippen molar-refractivity contribution in [3.63, 3.8) is 0 Å². The second-order valence-corrected chi connectivity index (χ2v) is 5.79. The van der Waals surface area contributed by atoms with Gasteiger partial charge in [-0.15, -0.1) is 0 Å². The Morgan fingerprint density at radius 1 is 0.893 bits per heavy atom. The Morgan fingerprint density at radius 2 is 1.54 bits per heavy atom. The predicted molar refractivity (Wildman–Crippen MR) is 95.4 cm³/mol. The zero-order chi connectivity index (χ0) is 20.1. The Bertz CT molecular complexity index is 957. The van der Waals surface area contributed by atoms with Crippen molar-refractivity contribution >= 4 is 5.69 Å². The van der Waals surface area contributed by atoms with Gasteiger partial charge in [-0.1, -0.05) is 30.3 Å². The normalized spacial score (nSPS) is 11.1. The number of hydrogen-bond donors (Lipinski definition) is 0. The molecule has 0 spiro atoms. The number of ether oxygens (including phenoxy) is 2. The number of nitro benzene ring substituents is 1. The van der Waals surface area contributed by atoms with Crippen LogP contribution >= 0.6 is 0 Å². The van der Waals surface area contributed by atoms with Gasteiger partial charge >= 0.3 is 11.9 Å². The van der Waals surface area contributed by atoms with Crippen LogP contribution in [0.1, 0.15) is 11.1 Å². The average molecular weight is 389 g/mol. The average Bonchev–Trinajstić information content (AvgIpc) is 2.67. The van der Waals surface area contributed by atoms with Gasteiger partial charge in [0.2, 0.25) is 5.75 Å². The molecule has 0 heterocycles. The molecule has 8 heteroatoms. The molecule has 3 aromatic carbocycles. The molecule has 0 N–H and O–H groups in total. The maximum Gasteiger partial charge on any atom is 0.416 e. The van der Waals surface area contributed by atoms with E-state index in [2.05, 4.69) is 0 Å². The lowest BCUT2D eigenvalue weighted by molar-refractivity contribution is -0.386. The lowest BCUT2D eigenvalue weighted by Crippen LogP contribution is -2.04. The zero-order valence-electron chi connectivity index (χ0n) is 14.3. The predicted octanol–water partition coefficient (Wildman–Crippen LogP) is 5.98. The van der Waals surface area contributed by atoms with Crippen molar-refractivity contribution in [3.8, 4) is 17.2 Å². The van der Waals surface area contributed by atoms with E-state index in [1.807, 2.05) is 30.3 Å². The SMILES string of the molecule is O=[N+]([O-])c1ccc(Oc2ccc(C(F)(F)F)cc2)cc1OCc1ccccc1. The standard InChI is InChI=1S/C20H14F3NO4/c21-20(22,23)15-6-8-16(9-7-15)28-17-10-11-18(24(25)26)19(12-17)27-13-14-4-2-1-3-5-14/h1-12H,13H2. The van der Waals surface area contributed by atoms with Crippen LogP contribution in [0.15, 0.2) is 72.8 Å². The highest BCUT2D eigenvalue weighted by molar-refractivity contribution is 5.51. The summed E-state index contributed by atoms with van der Waals surface area (Å²) in [7, 11) is 0. The van der Waals surface area contributed by atoms with Crippen LogP contribution in [0.4, 0.5) is 18.9 Å². The van der Waals surface area contributed by atoms with E-state index >= 15 is 0 Å². The van der Waals surface area contributed by atoms with Gasteiger partial charge in [0.25, 0.3) is 0 Å². The van der Waals surface area contributed by atoms with Crippen molar-refractivity contribution in [2.45, 2.75) is 12.8 Å². The summed E-state index contributed by atoms with van der Waals surface area (Å²) >= 11 is 0. The molecule has 0 bridgehead atoms. The van der Waals surface area contributed by atoms with Gasteiger partial charge in [-0.3, -0.25) is 10.1 Å². The molecule has 0 aromatic heterocycles. The summed E-state index contributed by atoms with van der Waals surface area (Å²) in [5, 5.41) is 11.2. The van der Waals surface area contributed by atoms with E-state index in [1.165, 1.54) is 30.3 Å². The molecule has 0 aliphatic rings. The van der Waals surface area contributed by atoms with Crippen molar-refractivity contribution in [2.24, 2.45) is 0 Å². The molecule has 5 nitrogen and oxygen atoms in total. The van der Waals surface area contributed by atoms with E-state index in [0.29, 0.717) is 0 Å². The maximum absolute atomic E-state index is 12.6. The molecule has 0 fully saturated rings. The molecule has 3 aromatic rings. The maximum atomic E-state index is 12.6. The fraction of sp³-hybridized carbons (Fsp3) is 0.100. The van der Waals surface area contributed by atoms with Crippen LogP contribution < -0.4 is 9.47 Å². The molecule has 0 atom stereocenters. The molecule has 0 aliphatic carbocycles. The van der Waals surface area contributed by atoms with Gasteiger partial charge in [0.1, 0.15) is 18.1 Å². The van der Waals surface area contributed by atoms with E-state index in [0.717, 1.165) is 17.7 Å². The van der Waals surface area contributed by atoms with Gasteiger partial charge in [0, 0.05) is 12.1 Å². The van der Waals surface area contributed by atoms with Gasteiger partial charge in [-0.05, 0) is 35.9 Å². The third-order valence-electron chi connectivity index (χ3n) is 3.78. The summed E-state index contributed by atoms with van der Waals surface area (Å²) in [5.41, 5.74) is -0.211. The Labute approximate surface area is 158 Å². The molecule has 28 heavy (non-hydrogen) atoms. The van der Waals surface area contributed by atoms with Crippen LogP contribution in [0, 0.1) is 10.1 Å². The molecule has 0 radical (unpaired) electrons. The Hall–Kier alpha value is -3.55. The van der Waals surface area contributed by atoms with Gasteiger partial charge in [0.15, 0.2) is 0 Å². The smallest absolute Gasteiger partial charge is 0.416 e. The van der Waals surface area contributed by atoms with E-state index < -0.39 is 16.7 Å². The van der Waals surface area contributed by atoms with Gasteiger partial charge < -0.3 is 9.47 Å². The topological polar surface area (TPSA) is 61.6 Å². The number of nitrogens with zero attached hydrogens (tertiary/aromatic N) is 1. The molecular formula is C20H14F3NO4. The molecule has 0 saturated heterocycles. The van der Waals surface area contributed by atoms with Crippen LogP contribution in [0.2, 0.25) is 0 Å². The van der Waals surface area contributed by atoms with Gasteiger partial charge in [-0.2, -0.15) is 13.2 Å². The van der Waals surface area contributed by atoms with Crippen LogP contribution in [-0.2, 0) is 12.8 Å². The van der Waals surface area contributed by atoms with Gasteiger partial charge in [0.05, 0.1) is 10.5 Å². The zero-order valence-corrected chi connectivity index (χ0v) is 14.3. The molecule has 0 amide bonds. The van der Waals surface area contributed by atoms with Gasteiger partial charge in [-0.25, -0.2) is 0 Å². The minimum Gasteiger partial charge on any atom is -0.482 e. The Balaban J connectivity index is 1.79. The largest absolute Gasteiger partial charge is 0.482 e. The summed E-state index contributed by atoms with van der Waals surface area (Å²) in [4.78, 5) is 10.6. The number of halogens is 3. The van der Waals surface area contributed by atoms with Crippen LogP contribution in [-0.4, -0.2) is 4.92 Å². The lowest BCUT2D eigenvalue weighted by atomic mass is 10.2. The Morgan fingerprint density at radius 3 is 2.14 bits per heavy atom. The van der Waals surface area contributed by atoms with E-state index in [9.17, 15) is 23.3 Å². The highest BCUT2D eigenvalue weighted by atomic mass is 19.4. The number of rotatable bonds is 6. The van der Waals surface area contributed by atoms with Crippen LogP contribution in [0.5, 0.6) is 17.2 Å². The summed E-state index contributed by atoms with van der Waals surface area (Å²) in [5.74, 6) is 0.363. The summed E-state index contributed by atoms with van der Waals surface area (Å²) in [6.07, 6.45) is -4.44. The molecule has 0 saturated carbocycles. The second-order valence-electron chi connectivity index (χ2n) is 5.79. The van der Waals surface area contributed by atoms with E-state index in [-0.39, 0.29) is 29.5 Å². The monoisotopic (exact) mass is 389 g/mol. The second kappa shape index (κ2) is 7.99. The Kier molecular flexibility index (Phi) is 5.49. The molecule has 0 aliphatic heterocycles. The van der Waals surface area contributed by atoms with Crippen LogP contribution in [0.3, 0.4) is 0 Å². The number of benzene rings is 3. The minimum absolute atomic E-state index is 0.00161. The fourth-order valence-corrected chi connectivity index (χ4v) is 2.41. The summed E-state index contributed by atoms with van der Waals surface area (Å²) in [6.45, 7) is 0.116. The van der Waals surface area contributed by atoms with E-state index in [4.69, 9.17) is 9.47 Å². The van der Waals surface area contributed by atoms with E-state index in [1.54, 1.807) is 0 Å². The quantitative estimate of drug-likeness (QED) is 0.384. The fourth-order valence-electron chi connectivity index (χ4n) is 2.41. The van der Waals surface area contributed by atoms with Crippen molar-refractivity contribution in [3.05, 3.63) is 94.0 Å². The first-order valence-electron chi connectivity index (χ1n) is 8.13. The first-order valence-corrected chi connectivity index (χ1v) is 8.13. The van der Waals surface area contributed by atoms with Crippen LogP contribution in [0.25, 0.3) is 0 Å². The number of hydrogen-bond acceptors (Lipinski definition) is 4. The number of nitro groups is 1. The molecule has 3 rings (SSSR count). The van der Waals surface area contributed by atoms with Crippen molar-refractivity contribution < 1.29 is 27.6 Å².